The van der Waals surface area contributed by atoms with Crippen molar-refractivity contribution in [3.63, 3.8) is 0 Å². The third-order valence-electron chi connectivity index (χ3n) is 2.61. The summed E-state index contributed by atoms with van der Waals surface area (Å²) in [6, 6.07) is 0. The lowest BCUT2D eigenvalue weighted by atomic mass is 9.87. The number of hydrogen-bond donors (Lipinski definition) is 1. The number of aliphatic hydroxyl groups is 1. The smallest absolute Gasteiger partial charge is 0.0589 e. The van der Waals surface area contributed by atoms with Crippen molar-refractivity contribution in [2.24, 2.45) is 11.3 Å². The van der Waals surface area contributed by atoms with Gasteiger partial charge in [0.15, 0.2) is 0 Å². The minimum Gasteiger partial charge on any atom is -0.393 e. The average Bonchev–Trinajstić information content (AvgIpc) is 2.08. The van der Waals surface area contributed by atoms with Crippen LogP contribution in [0.25, 0.3) is 0 Å². The Morgan fingerprint density at radius 1 is 1.07 bits per heavy atom. The summed E-state index contributed by atoms with van der Waals surface area (Å²) < 4.78 is 5.50. The third kappa shape index (κ3) is 8.88. The molecule has 0 radical (unpaired) electrons. The second-order valence-electron chi connectivity index (χ2n) is 5.82. The number of ether oxygens (including phenoxy) is 1. The summed E-state index contributed by atoms with van der Waals surface area (Å²) in [5, 5.41) is 9.77. The first-order chi connectivity index (χ1) is 6.84. The van der Waals surface area contributed by atoms with Crippen LogP contribution in [0.4, 0.5) is 0 Å². The van der Waals surface area contributed by atoms with Crippen LogP contribution in [0, 0.1) is 11.3 Å². The van der Waals surface area contributed by atoms with Gasteiger partial charge in [-0.1, -0.05) is 34.6 Å². The van der Waals surface area contributed by atoms with Gasteiger partial charge in [-0.3, -0.25) is 0 Å². The quantitative estimate of drug-likeness (QED) is 0.662. The van der Waals surface area contributed by atoms with E-state index in [9.17, 15) is 5.11 Å². The van der Waals surface area contributed by atoms with Gasteiger partial charge in [0.1, 0.15) is 0 Å². The number of rotatable bonds is 7. The number of aliphatic hydroxyl groups excluding tert-OH is 1. The molecule has 0 saturated carbocycles. The topological polar surface area (TPSA) is 29.5 Å². The Hall–Kier alpha value is -0.0800. The van der Waals surface area contributed by atoms with Gasteiger partial charge >= 0.3 is 0 Å². The zero-order chi connectivity index (χ0) is 11.9. The highest BCUT2D eigenvalue weighted by Crippen LogP contribution is 2.22. The molecule has 0 amide bonds. The summed E-state index contributed by atoms with van der Waals surface area (Å²) in [6.45, 7) is 12.2. The van der Waals surface area contributed by atoms with Crippen molar-refractivity contribution < 1.29 is 9.84 Å². The summed E-state index contributed by atoms with van der Waals surface area (Å²) in [6.07, 6.45) is 2.70. The van der Waals surface area contributed by atoms with Crippen molar-refractivity contribution >= 4 is 0 Å². The van der Waals surface area contributed by atoms with E-state index < -0.39 is 0 Å². The van der Waals surface area contributed by atoms with Crippen molar-refractivity contribution in [1.82, 2.24) is 0 Å². The predicted octanol–water partition coefficient (Wildman–Crippen LogP) is 3.24. The molecule has 0 aliphatic carbocycles. The van der Waals surface area contributed by atoms with Crippen LogP contribution in [0.2, 0.25) is 0 Å². The summed E-state index contributed by atoms with van der Waals surface area (Å²) in [4.78, 5) is 0. The molecule has 0 heterocycles. The molecule has 0 spiro atoms. The Labute approximate surface area is 95.0 Å². The van der Waals surface area contributed by atoms with Gasteiger partial charge in [0.2, 0.25) is 0 Å². The van der Waals surface area contributed by atoms with Crippen LogP contribution in [0.1, 0.15) is 53.9 Å². The average molecular weight is 216 g/mol. The van der Waals surface area contributed by atoms with Crippen LogP contribution >= 0.6 is 0 Å². The molecular formula is C13H28O2. The molecule has 0 aliphatic rings. The van der Waals surface area contributed by atoms with E-state index in [2.05, 4.69) is 34.6 Å². The van der Waals surface area contributed by atoms with Crippen LogP contribution in [0.5, 0.6) is 0 Å². The van der Waals surface area contributed by atoms with Crippen LogP contribution in [-0.4, -0.2) is 24.4 Å². The first-order valence-electron chi connectivity index (χ1n) is 6.10. The van der Waals surface area contributed by atoms with Crippen molar-refractivity contribution in [3.8, 4) is 0 Å². The normalized spacial score (nSPS) is 14.6. The molecular weight excluding hydrogens is 188 g/mol. The third-order valence-corrected chi connectivity index (χ3v) is 2.61. The second-order valence-corrected chi connectivity index (χ2v) is 5.82. The molecule has 15 heavy (non-hydrogen) atoms. The van der Waals surface area contributed by atoms with Gasteiger partial charge in [-0.25, -0.2) is 0 Å². The lowest BCUT2D eigenvalue weighted by Gasteiger charge is -2.25. The minimum atomic E-state index is -0.216. The van der Waals surface area contributed by atoms with Gasteiger partial charge in [0.25, 0.3) is 0 Å². The van der Waals surface area contributed by atoms with Gasteiger partial charge in [-0.15, -0.1) is 0 Å². The molecule has 0 rings (SSSR count). The Kier molecular flexibility index (Phi) is 7.20. The van der Waals surface area contributed by atoms with Gasteiger partial charge < -0.3 is 9.84 Å². The van der Waals surface area contributed by atoms with Gasteiger partial charge in [0.05, 0.1) is 6.10 Å². The molecule has 0 aromatic rings. The zero-order valence-corrected chi connectivity index (χ0v) is 11.0. The first-order valence-corrected chi connectivity index (χ1v) is 6.10. The molecule has 0 aromatic heterocycles. The van der Waals surface area contributed by atoms with Crippen molar-refractivity contribution in [1.29, 1.82) is 0 Å². The van der Waals surface area contributed by atoms with E-state index in [0.29, 0.717) is 5.92 Å². The highest BCUT2D eigenvalue weighted by molar-refractivity contribution is 4.72. The van der Waals surface area contributed by atoms with Gasteiger partial charge in [0, 0.05) is 13.2 Å². The number of hydrogen-bond acceptors (Lipinski definition) is 2. The van der Waals surface area contributed by atoms with Crippen molar-refractivity contribution in [3.05, 3.63) is 0 Å². The highest BCUT2D eigenvalue weighted by atomic mass is 16.5. The molecule has 2 nitrogen and oxygen atoms in total. The van der Waals surface area contributed by atoms with E-state index >= 15 is 0 Å². The fourth-order valence-electron chi connectivity index (χ4n) is 1.23. The Bertz CT molecular complexity index is 147. The fraction of sp³-hybridized carbons (Fsp3) is 1.00. The van der Waals surface area contributed by atoms with E-state index in [4.69, 9.17) is 4.74 Å². The maximum atomic E-state index is 9.77. The summed E-state index contributed by atoms with van der Waals surface area (Å²) in [5.74, 6) is 0.713. The van der Waals surface area contributed by atoms with Crippen LogP contribution in [-0.2, 0) is 4.74 Å². The zero-order valence-electron chi connectivity index (χ0n) is 11.0. The Morgan fingerprint density at radius 3 is 2.13 bits per heavy atom. The minimum absolute atomic E-state index is 0.00205. The molecule has 0 fully saturated rings. The van der Waals surface area contributed by atoms with E-state index in [-0.39, 0.29) is 11.5 Å². The van der Waals surface area contributed by atoms with E-state index in [1.54, 1.807) is 0 Å². The van der Waals surface area contributed by atoms with E-state index in [1.165, 1.54) is 0 Å². The van der Waals surface area contributed by atoms with Crippen LogP contribution in [0.3, 0.4) is 0 Å². The first kappa shape index (κ1) is 14.9. The van der Waals surface area contributed by atoms with Crippen LogP contribution < -0.4 is 0 Å². The lowest BCUT2D eigenvalue weighted by Crippen LogP contribution is -2.26. The van der Waals surface area contributed by atoms with E-state index in [1.807, 2.05) is 0 Å². The van der Waals surface area contributed by atoms with Crippen molar-refractivity contribution in [2.75, 3.05) is 13.2 Å². The van der Waals surface area contributed by atoms with E-state index in [0.717, 1.165) is 32.5 Å². The van der Waals surface area contributed by atoms with Crippen LogP contribution in [0.15, 0.2) is 0 Å². The summed E-state index contributed by atoms with van der Waals surface area (Å²) in [7, 11) is 0. The molecule has 0 aliphatic heterocycles. The largest absolute Gasteiger partial charge is 0.393 e. The standard InChI is InChI=1S/C13H28O2/c1-11(2)8-10-15-9-6-7-12(14)13(3,4)5/h11-12,14H,6-10H2,1-5H3. The monoisotopic (exact) mass is 216 g/mol. The van der Waals surface area contributed by atoms with Crippen molar-refractivity contribution in [2.45, 2.75) is 60.0 Å². The molecule has 92 valence electrons. The molecule has 1 N–H and O–H groups in total. The fourth-order valence-corrected chi connectivity index (χ4v) is 1.23. The van der Waals surface area contributed by atoms with Gasteiger partial charge in [-0.05, 0) is 30.6 Å². The van der Waals surface area contributed by atoms with Gasteiger partial charge in [-0.2, -0.15) is 0 Å². The SMILES string of the molecule is CC(C)CCOCCCC(O)C(C)(C)C. The Balaban J connectivity index is 3.32. The predicted molar refractivity (Wildman–Crippen MR) is 65.0 cm³/mol. The molecule has 2 heteroatoms. The molecule has 0 saturated heterocycles. The maximum absolute atomic E-state index is 9.77. The molecule has 0 aromatic carbocycles. The highest BCUT2D eigenvalue weighted by Gasteiger charge is 2.21. The molecule has 0 bridgehead atoms. The lowest BCUT2D eigenvalue weighted by molar-refractivity contribution is 0.0412. The Morgan fingerprint density at radius 2 is 1.67 bits per heavy atom. The molecule has 1 atom stereocenters. The second kappa shape index (κ2) is 7.24. The summed E-state index contributed by atoms with van der Waals surface area (Å²) in [5.41, 5.74) is -0.00205. The molecule has 1 unspecified atom stereocenters. The maximum Gasteiger partial charge on any atom is 0.0589 e. The summed E-state index contributed by atoms with van der Waals surface area (Å²) >= 11 is 0.